The quantitative estimate of drug-likeness (QED) is 0.738. The molecule has 2 rings (SSSR count). The van der Waals surface area contributed by atoms with Crippen molar-refractivity contribution in [2.45, 2.75) is 13.0 Å². The molecule has 0 heterocycles. The van der Waals surface area contributed by atoms with Crippen LogP contribution < -0.4 is 0 Å². The van der Waals surface area contributed by atoms with Gasteiger partial charge in [-0.3, -0.25) is 4.79 Å². The van der Waals surface area contributed by atoms with Crippen LogP contribution in [-0.2, 0) is 0 Å². The van der Waals surface area contributed by atoms with Crippen molar-refractivity contribution in [3.8, 4) is 0 Å². The van der Waals surface area contributed by atoms with E-state index < -0.39 is 0 Å². The second-order valence-electron chi connectivity index (χ2n) is 4.74. The number of nitrogens with zero attached hydrogens (tertiary/aromatic N) is 1. The molecule has 110 valence electrons. The van der Waals surface area contributed by atoms with E-state index >= 15 is 0 Å². The van der Waals surface area contributed by atoms with Crippen molar-refractivity contribution in [2.75, 3.05) is 7.05 Å². The summed E-state index contributed by atoms with van der Waals surface area (Å²) < 4.78 is 13.6. The van der Waals surface area contributed by atoms with Gasteiger partial charge in [-0.05, 0) is 52.7 Å². The Morgan fingerprint density at radius 1 is 1.24 bits per heavy atom. The Bertz CT molecular complexity index is 660. The smallest absolute Gasteiger partial charge is 0.255 e. The predicted octanol–water partition coefficient (Wildman–Crippen LogP) is 5.07. The molecule has 2 aromatic carbocycles. The highest BCUT2D eigenvalue weighted by Gasteiger charge is 2.21. The minimum atomic E-state index is -0.296. The van der Waals surface area contributed by atoms with Crippen LogP contribution in [0, 0.1) is 5.82 Å². The van der Waals surface area contributed by atoms with Gasteiger partial charge in [0, 0.05) is 11.5 Å². The fraction of sp³-hybridized carbons (Fsp3) is 0.188. The normalized spacial score (nSPS) is 12.0. The van der Waals surface area contributed by atoms with Gasteiger partial charge in [0.1, 0.15) is 5.82 Å². The summed E-state index contributed by atoms with van der Waals surface area (Å²) in [4.78, 5) is 14.1. The molecule has 1 atom stereocenters. The van der Waals surface area contributed by atoms with E-state index in [9.17, 15) is 9.18 Å². The fourth-order valence-electron chi connectivity index (χ4n) is 2.00. The van der Waals surface area contributed by atoms with Crippen molar-refractivity contribution >= 4 is 33.4 Å². The zero-order valence-corrected chi connectivity index (χ0v) is 14.0. The van der Waals surface area contributed by atoms with Crippen LogP contribution in [0.1, 0.15) is 28.9 Å². The Morgan fingerprint density at radius 3 is 2.48 bits per heavy atom. The van der Waals surface area contributed by atoms with Crippen molar-refractivity contribution in [1.82, 2.24) is 4.90 Å². The van der Waals surface area contributed by atoms with Gasteiger partial charge in [0.05, 0.1) is 16.6 Å². The first-order chi connectivity index (χ1) is 9.91. The highest BCUT2D eigenvalue weighted by atomic mass is 79.9. The molecule has 0 aliphatic carbocycles. The van der Waals surface area contributed by atoms with Crippen LogP contribution in [0.25, 0.3) is 0 Å². The summed E-state index contributed by atoms with van der Waals surface area (Å²) in [7, 11) is 1.70. The lowest BCUT2D eigenvalue weighted by Gasteiger charge is -2.26. The predicted molar refractivity (Wildman–Crippen MR) is 86.1 cm³/mol. The number of amides is 1. The molecule has 0 saturated heterocycles. The standard InChI is InChI=1S/C16H14BrClFNO/c1-10(11-6-8-12(19)9-7-11)20(2)16(21)13-4-3-5-14(17)15(13)18/h3-10H,1-2H3. The molecule has 0 radical (unpaired) electrons. The van der Waals surface area contributed by atoms with E-state index in [0.717, 1.165) is 5.56 Å². The van der Waals surface area contributed by atoms with Crippen LogP contribution in [0.3, 0.4) is 0 Å². The summed E-state index contributed by atoms with van der Waals surface area (Å²) in [6.07, 6.45) is 0. The second kappa shape index (κ2) is 6.58. The zero-order chi connectivity index (χ0) is 15.6. The molecule has 2 aromatic rings. The third kappa shape index (κ3) is 3.44. The molecule has 1 amide bonds. The molecule has 0 N–H and O–H groups in total. The first-order valence-corrected chi connectivity index (χ1v) is 7.55. The van der Waals surface area contributed by atoms with Gasteiger partial charge in [-0.1, -0.05) is 29.8 Å². The average molecular weight is 371 g/mol. The van der Waals surface area contributed by atoms with Gasteiger partial charge in [0.15, 0.2) is 0 Å². The van der Waals surface area contributed by atoms with Gasteiger partial charge >= 0.3 is 0 Å². The molecule has 0 spiro atoms. The Hall–Kier alpha value is -1.39. The molecule has 2 nitrogen and oxygen atoms in total. The van der Waals surface area contributed by atoms with Gasteiger partial charge in [0.2, 0.25) is 0 Å². The fourth-order valence-corrected chi connectivity index (χ4v) is 2.57. The van der Waals surface area contributed by atoms with Crippen molar-refractivity contribution in [2.24, 2.45) is 0 Å². The first kappa shape index (κ1) is 16.0. The third-order valence-corrected chi connectivity index (χ3v) is 4.73. The molecular formula is C16H14BrClFNO. The van der Waals surface area contributed by atoms with Crippen LogP contribution in [-0.4, -0.2) is 17.9 Å². The summed E-state index contributed by atoms with van der Waals surface area (Å²) in [6.45, 7) is 1.89. The number of benzene rings is 2. The van der Waals surface area contributed by atoms with Crippen LogP contribution in [0.15, 0.2) is 46.9 Å². The summed E-state index contributed by atoms with van der Waals surface area (Å²) >= 11 is 9.47. The van der Waals surface area contributed by atoms with Gasteiger partial charge in [-0.15, -0.1) is 0 Å². The van der Waals surface area contributed by atoms with Crippen LogP contribution >= 0.6 is 27.5 Å². The Labute approximate surface area is 136 Å². The minimum absolute atomic E-state index is 0.182. The lowest BCUT2D eigenvalue weighted by molar-refractivity contribution is 0.0742. The van der Waals surface area contributed by atoms with Crippen molar-refractivity contribution in [3.05, 3.63) is 68.9 Å². The number of hydrogen-bond donors (Lipinski definition) is 0. The van der Waals surface area contributed by atoms with Crippen LogP contribution in [0.2, 0.25) is 5.02 Å². The SMILES string of the molecule is CC(c1ccc(F)cc1)N(C)C(=O)c1cccc(Br)c1Cl. The monoisotopic (exact) mass is 369 g/mol. The summed E-state index contributed by atoms with van der Waals surface area (Å²) in [6, 6.07) is 11.2. The van der Waals surface area contributed by atoms with Gasteiger partial charge in [-0.2, -0.15) is 0 Å². The number of hydrogen-bond acceptors (Lipinski definition) is 1. The molecule has 0 aromatic heterocycles. The van der Waals surface area contributed by atoms with E-state index in [1.807, 2.05) is 6.92 Å². The third-order valence-electron chi connectivity index (χ3n) is 3.44. The lowest BCUT2D eigenvalue weighted by Crippen LogP contribution is -2.29. The summed E-state index contributed by atoms with van der Waals surface area (Å²) in [5.74, 6) is -0.479. The first-order valence-electron chi connectivity index (χ1n) is 6.38. The van der Waals surface area contributed by atoms with E-state index in [-0.39, 0.29) is 17.8 Å². The Balaban J connectivity index is 2.26. The zero-order valence-electron chi connectivity index (χ0n) is 11.6. The second-order valence-corrected chi connectivity index (χ2v) is 5.98. The summed E-state index contributed by atoms with van der Waals surface area (Å²) in [5.41, 5.74) is 1.29. The molecule has 0 bridgehead atoms. The maximum atomic E-state index is 13.0. The van der Waals surface area contributed by atoms with Crippen molar-refractivity contribution in [3.63, 3.8) is 0 Å². The van der Waals surface area contributed by atoms with Gasteiger partial charge < -0.3 is 4.90 Å². The van der Waals surface area contributed by atoms with Crippen LogP contribution in [0.4, 0.5) is 4.39 Å². The maximum Gasteiger partial charge on any atom is 0.255 e. The van der Waals surface area contributed by atoms with Gasteiger partial charge in [0.25, 0.3) is 5.91 Å². The molecule has 0 aliphatic heterocycles. The molecule has 0 fully saturated rings. The number of carbonyl (C=O) groups excluding carboxylic acids is 1. The highest BCUT2D eigenvalue weighted by molar-refractivity contribution is 9.10. The highest BCUT2D eigenvalue weighted by Crippen LogP contribution is 2.29. The van der Waals surface area contributed by atoms with Crippen LogP contribution in [0.5, 0.6) is 0 Å². The van der Waals surface area contributed by atoms with Gasteiger partial charge in [-0.25, -0.2) is 4.39 Å². The number of rotatable bonds is 3. The molecular weight excluding hydrogens is 357 g/mol. The number of carbonyl (C=O) groups is 1. The topological polar surface area (TPSA) is 20.3 Å². The van der Waals surface area contributed by atoms with E-state index in [1.165, 1.54) is 12.1 Å². The van der Waals surface area contributed by atoms with E-state index in [1.54, 1.807) is 42.3 Å². The lowest BCUT2D eigenvalue weighted by atomic mass is 10.1. The number of halogens is 3. The average Bonchev–Trinajstić information content (AvgIpc) is 2.48. The maximum absolute atomic E-state index is 13.0. The van der Waals surface area contributed by atoms with E-state index in [2.05, 4.69) is 15.9 Å². The van der Waals surface area contributed by atoms with Crippen molar-refractivity contribution < 1.29 is 9.18 Å². The molecule has 5 heteroatoms. The molecule has 1 unspecified atom stereocenters. The van der Waals surface area contributed by atoms with E-state index in [0.29, 0.717) is 15.1 Å². The minimum Gasteiger partial charge on any atom is -0.335 e. The largest absolute Gasteiger partial charge is 0.335 e. The molecule has 0 aliphatic rings. The molecule has 21 heavy (non-hydrogen) atoms. The van der Waals surface area contributed by atoms with Crippen molar-refractivity contribution in [1.29, 1.82) is 0 Å². The Morgan fingerprint density at radius 2 is 1.86 bits per heavy atom. The molecule has 0 saturated carbocycles. The van der Waals surface area contributed by atoms with E-state index in [4.69, 9.17) is 11.6 Å². The summed E-state index contributed by atoms with van der Waals surface area (Å²) in [5, 5.41) is 0.389. The Kier molecular flexibility index (Phi) is 5.01.